The van der Waals surface area contributed by atoms with Gasteiger partial charge in [0, 0.05) is 6.07 Å². The Bertz CT molecular complexity index is 825. The molecule has 2 aromatic carbocycles. The van der Waals surface area contributed by atoms with Crippen LogP contribution in [0.5, 0.6) is 0 Å². The monoisotopic (exact) mass is 299 g/mol. The van der Waals surface area contributed by atoms with Crippen LogP contribution in [0.4, 0.5) is 8.78 Å². The van der Waals surface area contributed by atoms with Gasteiger partial charge in [-0.25, -0.2) is 18.6 Å². The van der Waals surface area contributed by atoms with Crippen molar-refractivity contribution in [2.45, 2.75) is 6.92 Å². The lowest BCUT2D eigenvalue weighted by atomic mass is 10.1. The van der Waals surface area contributed by atoms with Crippen molar-refractivity contribution in [3.05, 3.63) is 76.5 Å². The van der Waals surface area contributed by atoms with Crippen molar-refractivity contribution in [3.63, 3.8) is 0 Å². The number of nitrogens with zero attached hydrogens (tertiary/aromatic N) is 1. The summed E-state index contributed by atoms with van der Waals surface area (Å²) < 4.78 is 31.6. The first kappa shape index (κ1) is 14.1. The predicted molar refractivity (Wildman–Crippen MR) is 78.1 cm³/mol. The van der Waals surface area contributed by atoms with Gasteiger partial charge >= 0.3 is 5.97 Å². The number of carbonyl (C=O) groups is 1. The molecule has 0 atom stereocenters. The minimum atomic E-state index is -0.830. The van der Waals surface area contributed by atoms with Crippen molar-refractivity contribution < 1.29 is 18.3 Å². The summed E-state index contributed by atoms with van der Waals surface area (Å²) in [4.78, 5) is 15.8. The summed E-state index contributed by atoms with van der Waals surface area (Å²) in [7, 11) is 0. The third-order valence-electron chi connectivity index (χ3n) is 3.13. The molecule has 0 saturated carbocycles. The van der Waals surface area contributed by atoms with Crippen LogP contribution in [0.2, 0.25) is 0 Å². The maximum Gasteiger partial charge on any atom is 0.363 e. The third kappa shape index (κ3) is 2.79. The van der Waals surface area contributed by atoms with E-state index in [-0.39, 0.29) is 17.2 Å². The molecule has 3 rings (SSSR count). The quantitative estimate of drug-likeness (QED) is 0.627. The van der Waals surface area contributed by atoms with Gasteiger partial charge in [0.1, 0.15) is 11.6 Å². The molecule has 110 valence electrons. The smallest absolute Gasteiger partial charge is 0.363 e. The molecule has 1 aliphatic heterocycles. The number of carbonyl (C=O) groups excluding carboxylic acids is 1. The second kappa shape index (κ2) is 5.52. The molecule has 1 aliphatic rings. The van der Waals surface area contributed by atoms with Crippen LogP contribution < -0.4 is 0 Å². The molecule has 0 aliphatic carbocycles. The molecule has 3 nitrogen and oxygen atoms in total. The second-order valence-corrected chi connectivity index (χ2v) is 4.87. The summed E-state index contributed by atoms with van der Waals surface area (Å²) >= 11 is 0. The second-order valence-electron chi connectivity index (χ2n) is 4.87. The lowest BCUT2D eigenvalue weighted by Crippen LogP contribution is -2.07. The van der Waals surface area contributed by atoms with Crippen molar-refractivity contribution >= 4 is 17.9 Å². The van der Waals surface area contributed by atoms with Crippen molar-refractivity contribution in [2.75, 3.05) is 0 Å². The summed E-state index contributed by atoms with van der Waals surface area (Å²) in [5, 5.41) is 0. The molecule has 1 heterocycles. The number of ether oxygens (including phenoxy) is 1. The van der Waals surface area contributed by atoms with Crippen LogP contribution in [0.3, 0.4) is 0 Å². The molecule has 0 spiro atoms. The van der Waals surface area contributed by atoms with Crippen molar-refractivity contribution in [1.82, 2.24) is 0 Å². The summed E-state index contributed by atoms with van der Waals surface area (Å²) in [6, 6.07) is 10.5. The van der Waals surface area contributed by atoms with E-state index in [9.17, 15) is 13.6 Å². The number of rotatable bonds is 2. The summed E-state index contributed by atoms with van der Waals surface area (Å²) in [6.07, 6.45) is 1.56. The Morgan fingerprint density at radius 2 is 1.95 bits per heavy atom. The Morgan fingerprint density at radius 1 is 1.14 bits per heavy atom. The molecule has 0 fully saturated rings. The van der Waals surface area contributed by atoms with Crippen LogP contribution in [-0.4, -0.2) is 11.9 Å². The highest BCUT2D eigenvalue weighted by Gasteiger charge is 2.26. The lowest BCUT2D eigenvalue weighted by Gasteiger charge is -2.00. The van der Waals surface area contributed by atoms with Crippen LogP contribution in [0, 0.1) is 18.6 Å². The van der Waals surface area contributed by atoms with E-state index >= 15 is 0 Å². The fourth-order valence-corrected chi connectivity index (χ4v) is 2.11. The maximum atomic E-state index is 13.7. The van der Waals surface area contributed by atoms with Crippen molar-refractivity contribution in [1.29, 1.82) is 0 Å². The van der Waals surface area contributed by atoms with Gasteiger partial charge in [-0.05, 0) is 30.7 Å². The van der Waals surface area contributed by atoms with Gasteiger partial charge in [0.25, 0.3) is 0 Å². The number of esters is 1. The zero-order valence-electron chi connectivity index (χ0n) is 11.6. The maximum absolute atomic E-state index is 13.7. The summed E-state index contributed by atoms with van der Waals surface area (Å²) in [5.74, 6) is -2.37. The number of aryl methyl sites for hydroxylation is 1. The third-order valence-corrected chi connectivity index (χ3v) is 3.13. The normalized spacial score (nSPS) is 15.9. The first-order chi connectivity index (χ1) is 10.5. The molecule has 5 heteroatoms. The van der Waals surface area contributed by atoms with E-state index in [1.807, 2.05) is 31.2 Å². The van der Waals surface area contributed by atoms with E-state index in [0.29, 0.717) is 6.07 Å². The summed E-state index contributed by atoms with van der Waals surface area (Å²) in [5.41, 5.74) is 1.85. The Balaban J connectivity index is 1.98. The Labute approximate surface area is 125 Å². The predicted octanol–water partition coefficient (Wildman–Crippen LogP) is 3.62. The van der Waals surface area contributed by atoms with Gasteiger partial charge in [-0.2, -0.15) is 0 Å². The van der Waals surface area contributed by atoms with Crippen molar-refractivity contribution in [3.8, 4) is 0 Å². The first-order valence-corrected chi connectivity index (χ1v) is 6.57. The van der Waals surface area contributed by atoms with Crippen LogP contribution in [0.1, 0.15) is 16.7 Å². The first-order valence-electron chi connectivity index (χ1n) is 6.57. The fraction of sp³-hybridized carbons (Fsp3) is 0.0588. The Morgan fingerprint density at radius 3 is 2.68 bits per heavy atom. The largest absolute Gasteiger partial charge is 0.402 e. The Hall–Kier alpha value is -2.82. The van der Waals surface area contributed by atoms with Crippen LogP contribution >= 0.6 is 0 Å². The highest BCUT2D eigenvalue weighted by molar-refractivity contribution is 6.12. The van der Waals surface area contributed by atoms with Gasteiger partial charge < -0.3 is 4.74 Å². The molecule has 0 N–H and O–H groups in total. The van der Waals surface area contributed by atoms with Crippen molar-refractivity contribution in [2.24, 2.45) is 4.99 Å². The van der Waals surface area contributed by atoms with Gasteiger partial charge in [0.15, 0.2) is 5.70 Å². The highest BCUT2D eigenvalue weighted by Crippen LogP contribution is 2.21. The van der Waals surface area contributed by atoms with Gasteiger partial charge in [0.2, 0.25) is 5.90 Å². The minimum Gasteiger partial charge on any atom is -0.402 e. The molecule has 2 aromatic rings. The topological polar surface area (TPSA) is 38.7 Å². The van der Waals surface area contributed by atoms with E-state index in [2.05, 4.69) is 4.99 Å². The van der Waals surface area contributed by atoms with Crippen LogP contribution in [-0.2, 0) is 9.53 Å². The standard InChI is InChI=1S/C17H11F2NO2/c1-10-3-2-4-11(7-10)8-15-17(21)22-16(20-15)13-6-5-12(18)9-14(13)19/h2-9H,1H3/b15-8-. The van der Waals surface area contributed by atoms with E-state index in [1.54, 1.807) is 6.08 Å². The highest BCUT2D eigenvalue weighted by atomic mass is 19.1. The van der Waals surface area contributed by atoms with E-state index < -0.39 is 17.6 Å². The van der Waals surface area contributed by atoms with Gasteiger partial charge in [-0.1, -0.05) is 29.8 Å². The number of hydrogen-bond donors (Lipinski definition) is 0. The number of hydrogen-bond acceptors (Lipinski definition) is 3. The van der Waals surface area contributed by atoms with Gasteiger partial charge in [0.05, 0.1) is 5.56 Å². The lowest BCUT2D eigenvalue weighted by molar-refractivity contribution is -0.129. The number of benzene rings is 2. The van der Waals surface area contributed by atoms with Gasteiger partial charge in [-0.15, -0.1) is 0 Å². The molecule has 0 radical (unpaired) electrons. The van der Waals surface area contributed by atoms with E-state index in [0.717, 1.165) is 17.2 Å². The molecule has 0 aromatic heterocycles. The Kier molecular flexibility index (Phi) is 3.55. The fourth-order valence-electron chi connectivity index (χ4n) is 2.11. The number of aliphatic imine (C=N–C) groups is 1. The zero-order valence-corrected chi connectivity index (χ0v) is 11.6. The molecule has 0 saturated heterocycles. The molecular weight excluding hydrogens is 288 g/mol. The molecule has 22 heavy (non-hydrogen) atoms. The molecular formula is C17H11F2NO2. The average Bonchev–Trinajstić information content (AvgIpc) is 2.80. The molecule has 0 amide bonds. The van der Waals surface area contributed by atoms with Gasteiger partial charge in [-0.3, -0.25) is 0 Å². The van der Waals surface area contributed by atoms with E-state index in [1.165, 1.54) is 6.07 Å². The zero-order chi connectivity index (χ0) is 15.7. The van der Waals surface area contributed by atoms with Crippen LogP contribution in [0.25, 0.3) is 6.08 Å². The number of halogens is 2. The molecule has 0 bridgehead atoms. The average molecular weight is 299 g/mol. The minimum absolute atomic E-state index is 0.0533. The van der Waals surface area contributed by atoms with Crippen LogP contribution in [0.15, 0.2) is 53.2 Å². The number of cyclic esters (lactones) is 1. The SMILES string of the molecule is Cc1cccc(/C=C2\N=C(c3ccc(F)cc3F)OC2=O)c1. The molecule has 0 unspecified atom stereocenters. The summed E-state index contributed by atoms with van der Waals surface area (Å²) in [6.45, 7) is 1.93. The van der Waals surface area contributed by atoms with E-state index in [4.69, 9.17) is 4.74 Å².